The Hall–Kier alpha value is -1.93. The third kappa shape index (κ3) is 3.52. The molecule has 0 saturated carbocycles. The van der Waals surface area contributed by atoms with E-state index in [1.54, 1.807) is 6.07 Å². The molecule has 0 radical (unpaired) electrons. The fourth-order valence-corrected chi connectivity index (χ4v) is 2.50. The molecule has 19 heavy (non-hydrogen) atoms. The summed E-state index contributed by atoms with van der Waals surface area (Å²) < 4.78 is 13.3. The van der Waals surface area contributed by atoms with Crippen LogP contribution in [0.1, 0.15) is 24.0 Å². The van der Waals surface area contributed by atoms with Crippen LogP contribution in [0.25, 0.3) is 0 Å². The summed E-state index contributed by atoms with van der Waals surface area (Å²) in [5.41, 5.74) is 6.39. The molecule has 0 bridgehead atoms. The fourth-order valence-electron chi connectivity index (χ4n) is 2.50. The fraction of sp³-hybridized carbons (Fsp3) is 0.429. The highest BCUT2D eigenvalue weighted by molar-refractivity contribution is 5.76. The molecule has 1 amide bonds. The lowest BCUT2D eigenvalue weighted by Crippen LogP contribution is -2.40. The molecule has 100 valence electrons. The van der Waals surface area contributed by atoms with Gasteiger partial charge in [0.15, 0.2) is 0 Å². The molecule has 1 aromatic rings. The van der Waals surface area contributed by atoms with Crippen molar-refractivity contribution >= 4 is 5.91 Å². The van der Waals surface area contributed by atoms with Crippen LogP contribution < -0.4 is 5.73 Å². The lowest BCUT2D eigenvalue weighted by Gasteiger charge is -2.31. The Morgan fingerprint density at radius 2 is 2.32 bits per heavy atom. The zero-order chi connectivity index (χ0) is 13.8. The van der Waals surface area contributed by atoms with E-state index in [9.17, 15) is 9.18 Å². The van der Waals surface area contributed by atoms with Crippen molar-refractivity contribution in [1.82, 2.24) is 4.90 Å². The van der Waals surface area contributed by atoms with Gasteiger partial charge in [0.1, 0.15) is 5.82 Å². The summed E-state index contributed by atoms with van der Waals surface area (Å²) in [6.07, 6.45) is 1.73. The summed E-state index contributed by atoms with van der Waals surface area (Å²) in [6.45, 7) is 2.01. The quantitative estimate of drug-likeness (QED) is 0.894. The van der Waals surface area contributed by atoms with Gasteiger partial charge >= 0.3 is 0 Å². The van der Waals surface area contributed by atoms with E-state index in [0.717, 1.165) is 24.9 Å². The lowest BCUT2D eigenvalue weighted by atomic mass is 9.97. The maximum Gasteiger partial charge on any atom is 0.221 e. The Labute approximate surface area is 111 Å². The van der Waals surface area contributed by atoms with Crippen molar-refractivity contribution in [2.75, 3.05) is 13.1 Å². The Balaban J connectivity index is 2.06. The molecule has 2 rings (SSSR count). The van der Waals surface area contributed by atoms with Crippen molar-refractivity contribution in [3.05, 3.63) is 35.1 Å². The number of hydrogen-bond donors (Lipinski definition) is 1. The van der Waals surface area contributed by atoms with Gasteiger partial charge in [0.25, 0.3) is 0 Å². The number of carbonyl (C=O) groups is 1. The van der Waals surface area contributed by atoms with Crippen LogP contribution in [0.4, 0.5) is 4.39 Å². The van der Waals surface area contributed by atoms with Crippen molar-refractivity contribution in [2.24, 2.45) is 11.7 Å². The number of rotatable bonds is 3. The van der Waals surface area contributed by atoms with Crippen LogP contribution in [0.3, 0.4) is 0 Å². The number of hydrogen-bond acceptors (Lipinski definition) is 3. The number of primary amides is 1. The summed E-state index contributed by atoms with van der Waals surface area (Å²) in [4.78, 5) is 13.3. The highest BCUT2D eigenvalue weighted by Gasteiger charge is 2.23. The Morgan fingerprint density at radius 3 is 3.00 bits per heavy atom. The molecule has 0 spiro atoms. The van der Waals surface area contributed by atoms with Gasteiger partial charge < -0.3 is 5.73 Å². The monoisotopic (exact) mass is 261 g/mol. The number of halogens is 1. The molecular formula is C14H16FN3O. The molecule has 1 saturated heterocycles. The van der Waals surface area contributed by atoms with E-state index in [1.807, 2.05) is 6.07 Å². The molecule has 1 fully saturated rings. The first kappa shape index (κ1) is 13.5. The Bertz CT molecular complexity index is 524. The SMILES string of the molecule is N#Cc1cc(F)cc(CN2CCCC(C(N)=O)C2)c1. The molecule has 1 aliphatic rings. The summed E-state index contributed by atoms with van der Waals surface area (Å²) >= 11 is 0. The van der Waals surface area contributed by atoms with Crippen LogP contribution in [0, 0.1) is 23.1 Å². The zero-order valence-electron chi connectivity index (χ0n) is 10.6. The highest BCUT2D eigenvalue weighted by Crippen LogP contribution is 2.19. The minimum atomic E-state index is -0.405. The molecule has 5 heteroatoms. The predicted molar refractivity (Wildman–Crippen MR) is 68.3 cm³/mol. The second kappa shape index (κ2) is 5.81. The van der Waals surface area contributed by atoms with Crippen molar-refractivity contribution in [1.29, 1.82) is 5.26 Å². The third-order valence-corrected chi connectivity index (χ3v) is 3.40. The highest BCUT2D eigenvalue weighted by atomic mass is 19.1. The van der Waals surface area contributed by atoms with Gasteiger partial charge in [-0.25, -0.2) is 4.39 Å². The average molecular weight is 261 g/mol. The number of nitrogens with two attached hydrogens (primary N) is 1. The standard InChI is InChI=1S/C14H16FN3O/c15-13-5-10(7-16)4-11(6-13)8-18-3-1-2-12(9-18)14(17)19/h4-6,12H,1-3,8-9H2,(H2,17,19). The van der Waals surface area contributed by atoms with E-state index in [1.165, 1.54) is 12.1 Å². The van der Waals surface area contributed by atoms with Gasteiger partial charge in [-0.1, -0.05) is 0 Å². The zero-order valence-corrected chi connectivity index (χ0v) is 10.6. The first-order chi connectivity index (χ1) is 9.08. The van der Waals surface area contributed by atoms with Crippen LogP contribution in [0.5, 0.6) is 0 Å². The third-order valence-electron chi connectivity index (χ3n) is 3.40. The number of benzene rings is 1. The number of nitriles is 1. The maximum atomic E-state index is 13.3. The summed E-state index contributed by atoms with van der Waals surface area (Å²) in [5.74, 6) is -0.808. The number of carbonyl (C=O) groups excluding carboxylic acids is 1. The van der Waals surface area contributed by atoms with Crippen LogP contribution in [0.2, 0.25) is 0 Å². The largest absolute Gasteiger partial charge is 0.369 e. The number of piperidine rings is 1. The molecule has 1 heterocycles. The van der Waals surface area contributed by atoms with E-state index in [0.29, 0.717) is 18.7 Å². The number of likely N-dealkylation sites (tertiary alicyclic amines) is 1. The number of amides is 1. The van der Waals surface area contributed by atoms with E-state index in [4.69, 9.17) is 11.0 Å². The Morgan fingerprint density at radius 1 is 1.53 bits per heavy atom. The van der Waals surface area contributed by atoms with E-state index in [-0.39, 0.29) is 11.8 Å². The topological polar surface area (TPSA) is 70.1 Å². The van der Waals surface area contributed by atoms with Gasteiger partial charge in [-0.15, -0.1) is 0 Å². The van der Waals surface area contributed by atoms with Crippen molar-refractivity contribution in [3.63, 3.8) is 0 Å². The van der Waals surface area contributed by atoms with Crippen molar-refractivity contribution in [2.45, 2.75) is 19.4 Å². The van der Waals surface area contributed by atoms with E-state index >= 15 is 0 Å². The van der Waals surface area contributed by atoms with E-state index < -0.39 is 5.82 Å². The second-order valence-corrected chi connectivity index (χ2v) is 4.94. The lowest BCUT2D eigenvalue weighted by molar-refractivity contribution is -0.123. The molecule has 1 atom stereocenters. The molecule has 1 aromatic carbocycles. The molecule has 1 aliphatic heterocycles. The van der Waals surface area contributed by atoms with Crippen molar-refractivity contribution < 1.29 is 9.18 Å². The molecule has 4 nitrogen and oxygen atoms in total. The smallest absolute Gasteiger partial charge is 0.221 e. The van der Waals surface area contributed by atoms with Crippen LogP contribution in [0.15, 0.2) is 18.2 Å². The predicted octanol–water partition coefficient (Wildman–Crippen LogP) is 1.39. The minimum absolute atomic E-state index is 0.127. The van der Waals surface area contributed by atoms with Gasteiger partial charge in [0.05, 0.1) is 17.6 Å². The maximum absolute atomic E-state index is 13.3. The average Bonchev–Trinajstić information content (AvgIpc) is 2.38. The van der Waals surface area contributed by atoms with Crippen LogP contribution >= 0.6 is 0 Å². The van der Waals surface area contributed by atoms with Gasteiger partial charge in [0, 0.05) is 13.1 Å². The van der Waals surface area contributed by atoms with Gasteiger partial charge in [-0.3, -0.25) is 9.69 Å². The van der Waals surface area contributed by atoms with Crippen molar-refractivity contribution in [3.8, 4) is 6.07 Å². The van der Waals surface area contributed by atoms with E-state index in [2.05, 4.69) is 4.90 Å². The first-order valence-corrected chi connectivity index (χ1v) is 6.29. The first-order valence-electron chi connectivity index (χ1n) is 6.29. The molecule has 0 aromatic heterocycles. The summed E-state index contributed by atoms with van der Waals surface area (Å²) in [7, 11) is 0. The minimum Gasteiger partial charge on any atom is -0.369 e. The summed E-state index contributed by atoms with van der Waals surface area (Å²) in [6, 6.07) is 6.26. The van der Waals surface area contributed by atoms with Gasteiger partial charge in [0.2, 0.25) is 5.91 Å². The second-order valence-electron chi connectivity index (χ2n) is 4.94. The number of nitrogens with zero attached hydrogens (tertiary/aromatic N) is 2. The van der Waals surface area contributed by atoms with Gasteiger partial charge in [-0.2, -0.15) is 5.26 Å². The van der Waals surface area contributed by atoms with Gasteiger partial charge in [-0.05, 0) is 43.1 Å². The normalized spacial score (nSPS) is 19.9. The summed E-state index contributed by atoms with van der Waals surface area (Å²) in [5, 5.41) is 8.82. The molecule has 1 unspecified atom stereocenters. The molecule has 2 N–H and O–H groups in total. The van der Waals surface area contributed by atoms with Crippen LogP contribution in [-0.4, -0.2) is 23.9 Å². The molecule has 0 aliphatic carbocycles. The Kier molecular flexibility index (Phi) is 4.13. The van der Waals surface area contributed by atoms with Crippen LogP contribution in [-0.2, 0) is 11.3 Å². The molecular weight excluding hydrogens is 245 g/mol.